The first-order valence-electron chi connectivity index (χ1n) is 4.87. The van der Waals surface area contributed by atoms with Gasteiger partial charge in [-0.2, -0.15) is 0 Å². The Labute approximate surface area is 104 Å². The number of benzene rings is 1. The standard InChI is InChI=1S/C11H13BrFN.ClH/c12-9-5-3-4-8(10(9)13)11(14)6-1-2-7-11;/h3-5H,1-2,6-7,14H2;1H. The van der Waals surface area contributed by atoms with Crippen LogP contribution >= 0.6 is 28.3 Å². The van der Waals surface area contributed by atoms with E-state index in [-0.39, 0.29) is 18.2 Å². The molecule has 1 aliphatic carbocycles. The second-order valence-corrected chi connectivity index (χ2v) is 4.82. The van der Waals surface area contributed by atoms with E-state index >= 15 is 0 Å². The van der Waals surface area contributed by atoms with Crippen molar-refractivity contribution in [1.82, 2.24) is 0 Å². The first kappa shape index (κ1) is 12.9. The average Bonchev–Trinajstić information content (AvgIpc) is 2.58. The molecule has 1 aliphatic rings. The quantitative estimate of drug-likeness (QED) is 0.839. The molecular formula is C11H14BrClFN. The molecule has 0 unspecified atom stereocenters. The second kappa shape index (κ2) is 4.81. The molecule has 0 spiro atoms. The summed E-state index contributed by atoms with van der Waals surface area (Å²) in [5.74, 6) is -0.197. The minimum Gasteiger partial charge on any atom is -0.321 e. The second-order valence-electron chi connectivity index (χ2n) is 3.96. The van der Waals surface area contributed by atoms with Crippen LogP contribution in [0.4, 0.5) is 4.39 Å². The van der Waals surface area contributed by atoms with Crippen molar-refractivity contribution in [3.8, 4) is 0 Å². The number of halogens is 3. The van der Waals surface area contributed by atoms with Crippen LogP contribution in [0.15, 0.2) is 22.7 Å². The Morgan fingerprint density at radius 2 is 1.87 bits per heavy atom. The van der Waals surface area contributed by atoms with Crippen LogP contribution in [0, 0.1) is 5.82 Å². The van der Waals surface area contributed by atoms with Gasteiger partial charge in [-0.3, -0.25) is 0 Å². The van der Waals surface area contributed by atoms with Crippen LogP contribution in [0.3, 0.4) is 0 Å². The first-order chi connectivity index (χ1) is 6.63. The monoisotopic (exact) mass is 293 g/mol. The van der Waals surface area contributed by atoms with Gasteiger partial charge in [0.15, 0.2) is 0 Å². The molecule has 0 amide bonds. The van der Waals surface area contributed by atoms with E-state index in [9.17, 15) is 4.39 Å². The Hall–Kier alpha value is -0.120. The van der Waals surface area contributed by atoms with Gasteiger partial charge < -0.3 is 5.73 Å². The van der Waals surface area contributed by atoms with E-state index in [0.29, 0.717) is 10.0 Å². The Bertz CT molecular complexity index is 350. The van der Waals surface area contributed by atoms with E-state index in [1.165, 1.54) is 0 Å². The summed E-state index contributed by atoms with van der Waals surface area (Å²) in [6.07, 6.45) is 3.98. The van der Waals surface area contributed by atoms with Gasteiger partial charge in [-0.15, -0.1) is 12.4 Å². The fraction of sp³-hybridized carbons (Fsp3) is 0.455. The molecule has 0 heterocycles. The molecule has 0 aromatic heterocycles. The highest BCUT2D eigenvalue weighted by atomic mass is 79.9. The summed E-state index contributed by atoms with van der Waals surface area (Å²) >= 11 is 3.19. The first-order valence-corrected chi connectivity index (χ1v) is 5.66. The summed E-state index contributed by atoms with van der Waals surface area (Å²) < 4.78 is 14.3. The SMILES string of the molecule is Cl.NC1(c2cccc(Br)c2F)CCCC1. The van der Waals surface area contributed by atoms with Gasteiger partial charge in [-0.25, -0.2) is 4.39 Å². The molecular weight excluding hydrogens is 280 g/mol. The molecule has 1 nitrogen and oxygen atoms in total. The van der Waals surface area contributed by atoms with E-state index in [0.717, 1.165) is 25.7 Å². The molecule has 1 aromatic carbocycles. The Kier molecular flexibility index (Phi) is 4.15. The molecule has 1 saturated carbocycles. The van der Waals surface area contributed by atoms with E-state index in [4.69, 9.17) is 5.73 Å². The van der Waals surface area contributed by atoms with Crippen LogP contribution < -0.4 is 5.73 Å². The maximum Gasteiger partial charge on any atom is 0.142 e. The van der Waals surface area contributed by atoms with Gasteiger partial charge in [0, 0.05) is 11.1 Å². The molecule has 1 aromatic rings. The lowest BCUT2D eigenvalue weighted by molar-refractivity contribution is 0.432. The van der Waals surface area contributed by atoms with Crippen molar-refractivity contribution >= 4 is 28.3 Å². The normalized spacial score (nSPS) is 18.6. The van der Waals surface area contributed by atoms with Crippen LogP contribution in [0.25, 0.3) is 0 Å². The largest absolute Gasteiger partial charge is 0.321 e. The number of rotatable bonds is 1. The molecule has 0 bridgehead atoms. The average molecular weight is 295 g/mol. The van der Waals surface area contributed by atoms with Crippen LogP contribution in [0.2, 0.25) is 0 Å². The maximum absolute atomic E-state index is 13.8. The third kappa shape index (κ3) is 2.35. The molecule has 84 valence electrons. The zero-order chi connectivity index (χ0) is 10.2. The predicted molar refractivity (Wildman–Crippen MR) is 65.7 cm³/mol. The van der Waals surface area contributed by atoms with Crippen molar-refractivity contribution in [3.63, 3.8) is 0 Å². The lowest BCUT2D eigenvalue weighted by Gasteiger charge is -2.24. The summed E-state index contributed by atoms with van der Waals surface area (Å²) in [6, 6.07) is 5.35. The Morgan fingerprint density at radius 3 is 2.47 bits per heavy atom. The minimum atomic E-state index is -0.437. The molecule has 15 heavy (non-hydrogen) atoms. The van der Waals surface area contributed by atoms with Gasteiger partial charge >= 0.3 is 0 Å². The van der Waals surface area contributed by atoms with Crippen LogP contribution in [0.1, 0.15) is 31.2 Å². The van der Waals surface area contributed by atoms with Gasteiger partial charge in [-0.05, 0) is 34.8 Å². The van der Waals surface area contributed by atoms with E-state index in [2.05, 4.69) is 15.9 Å². The highest BCUT2D eigenvalue weighted by Gasteiger charge is 2.33. The molecule has 1 fully saturated rings. The van der Waals surface area contributed by atoms with Crippen molar-refractivity contribution in [2.75, 3.05) is 0 Å². The van der Waals surface area contributed by atoms with Crippen LogP contribution in [0.5, 0.6) is 0 Å². The smallest absolute Gasteiger partial charge is 0.142 e. The van der Waals surface area contributed by atoms with Gasteiger partial charge in [0.05, 0.1) is 4.47 Å². The van der Waals surface area contributed by atoms with Crippen LogP contribution in [-0.2, 0) is 5.54 Å². The van der Waals surface area contributed by atoms with Crippen molar-refractivity contribution < 1.29 is 4.39 Å². The summed E-state index contributed by atoms with van der Waals surface area (Å²) in [5.41, 5.74) is 6.41. The number of hydrogen-bond acceptors (Lipinski definition) is 1. The fourth-order valence-electron chi connectivity index (χ4n) is 2.16. The lowest BCUT2D eigenvalue weighted by Crippen LogP contribution is -2.34. The lowest BCUT2D eigenvalue weighted by atomic mass is 9.89. The summed E-state index contributed by atoms with van der Waals surface area (Å²) in [6.45, 7) is 0. The van der Waals surface area contributed by atoms with Crippen molar-refractivity contribution in [3.05, 3.63) is 34.1 Å². The predicted octanol–water partition coefficient (Wildman–Crippen LogP) is 3.74. The third-order valence-electron chi connectivity index (χ3n) is 2.98. The summed E-state index contributed by atoms with van der Waals surface area (Å²) in [7, 11) is 0. The van der Waals surface area contributed by atoms with E-state index in [1.54, 1.807) is 12.1 Å². The van der Waals surface area contributed by atoms with Gasteiger partial charge in [0.25, 0.3) is 0 Å². The Morgan fingerprint density at radius 1 is 1.27 bits per heavy atom. The Balaban J connectivity index is 0.00000112. The zero-order valence-corrected chi connectivity index (χ0v) is 10.7. The van der Waals surface area contributed by atoms with Gasteiger partial charge in [-0.1, -0.05) is 25.0 Å². The molecule has 0 radical (unpaired) electrons. The minimum absolute atomic E-state index is 0. The van der Waals surface area contributed by atoms with Crippen molar-refractivity contribution in [1.29, 1.82) is 0 Å². The number of nitrogens with two attached hydrogens (primary N) is 1. The zero-order valence-electron chi connectivity index (χ0n) is 8.30. The van der Waals surface area contributed by atoms with Crippen LogP contribution in [-0.4, -0.2) is 0 Å². The molecule has 0 atom stereocenters. The summed E-state index contributed by atoms with van der Waals surface area (Å²) in [5, 5.41) is 0. The molecule has 0 aliphatic heterocycles. The van der Waals surface area contributed by atoms with E-state index < -0.39 is 5.54 Å². The fourth-order valence-corrected chi connectivity index (χ4v) is 2.53. The van der Waals surface area contributed by atoms with Gasteiger partial charge in [0.1, 0.15) is 5.82 Å². The molecule has 2 N–H and O–H groups in total. The van der Waals surface area contributed by atoms with E-state index in [1.807, 2.05) is 6.07 Å². The number of hydrogen-bond donors (Lipinski definition) is 1. The third-order valence-corrected chi connectivity index (χ3v) is 3.60. The molecule has 2 rings (SSSR count). The highest BCUT2D eigenvalue weighted by Crippen LogP contribution is 2.38. The maximum atomic E-state index is 13.8. The highest BCUT2D eigenvalue weighted by molar-refractivity contribution is 9.10. The van der Waals surface area contributed by atoms with Crippen molar-refractivity contribution in [2.24, 2.45) is 5.73 Å². The molecule has 4 heteroatoms. The topological polar surface area (TPSA) is 26.0 Å². The van der Waals surface area contributed by atoms with Crippen molar-refractivity contribution in [2.45, 2.75) is 31.2 Å². The molecule has 0 saturated heterocycles. The summed E-state index contributed by atoms with van der Waals surface area (Å²) in [4.78, 5) is 0. The van der Waals surface area contributed by atoms with Gasteiger partial charge in [0.2, 0.25) is 0 Å².